The number of benzene rings is 2. The van der Waals surface area contributed by atoms with Crippen LogP contribution >= 0.6 is 0 Å². The summed E-state index contributed by atoms with van der Waals surface area (Å²) in [6.45, 7) is 11.9. The predicted molar refractivity (Wildman–Crippen MR) is 114 cm³/mol. The summed E-state index contributed by atoms with van der Waals surface area (Å²) in [5, 5.41) is 13.6. The lowest BCUT2D eigenvalue weighted by Crippen LogP contribution is -2.38. The van der Waals surface area contributed by atoms with Crippen molar-refractivity contribution in [2.75, 3.05) is 5.32 Å². The zero-order valence-corrected chi connectivity index (χ0v) is 17.1. The number of hydrogen-bond donors (Lipinski definition) is 2. The molecule has 0 aliphatic carbocycles. The van der Waals surface area contributed by atoms with Crippen molar-refractivity contribution in [1.82, 2.24) is 0 Å². The third kappa shape index (κ3) is 4.78. The maximum Gasteiger partial charge on any atom is 0.120 e. The lowest BCUT2D eigenvalue weighted by atomic mass is 9.87. The minimum atomic E-state index is -1.03. The van der Waals surface area contributed by atoms with Crippen molar-refractivity contribution in [3.05, 3.63) is 58.7 Å². The number of anilines is 1. The molecule has 0 atom stereocenters. The molecule has 2 aromatic carbocycles. The van der Waals surface area contributed by atoms with Gasteiger partial charge in [0.25, 0.3) is 0 Å². The van der Waals surface area contributed by atoms with Crippen LogP contribution in [0.2, 0.25) is 0 Å². The van der Waals surface area contributed by atoms with Crippen LogP contribution in [0.3, 0.4) is 0 Å². The molecule has 0 saturated carbocycles. The first kappa shape index (κ1) is 19.2. The van der Waals surface area contributed by atoms with Gasteiger partial charge in [0.2, 0.25) is 0 Å². The highest BCUT2D eigenvalue weighted by Gasteiger charge is 2.29. The summed E-state index contributed by atoms with van der Waals surface area (Å²) in [6.07, 6.45) is 0.829. The van der Waals surface area contributed by atoms with Crippen LogP contribution in [0, 0.1) is 25.7 Å². The Bertz CT molecular complexity index is 966. The van der Waals surface area contributed by atoms with Crippen molar-refractivity contribution in [2.24, 2.45) is 4.99 Å². The number of rotatable bonds is 1. The van der Waals surface area contributed by atoms with Gasteiger partial charge in [-0.25, -0.2) is 0 Å². The Morgan fingerprint density at radius 1 is 1.07 bits per heavy atom. The molecule has 0 aromatic heterocycles. The van der Waals surface area contributed by atoms with Gasteiger partial charge in [-0.3, -0.25) is 4.99 Å². The molecule has 3 nitrogen and oxygen atoms in total. The molecule has 0 bridgehead atoms. The molecule has 2 N–H and O–H groups in total. The van der Waals surface area contributed by atoms with Gasteiger partial charge in [-0.05, 0) is 71.4 Å². The van der Waals surface area contributed by atoms with E-state index in [0.29, 0.717) is 0 Å². The first-order chi connectivity index (χ1) is 12.5. The minimum Gasteiger partial charge on any atom is -0.379 e. The molecule has 1 aliphatic heterocycles. The van der Waals surface area contributed by atoms with Gasteiger partial charge in [0.05, 0.1) is 17.0 Å². The van der Waals surface area contributed by atoms with E-state index in [2.05, 4.69) is 62.2 Å². The summed E-state index contributed by atoms with van der Waals surface area (Å²) in [6, 6.07) is 12.5. The number of aryl methyl sites for hydroxylation is 2. The van der Waals surface area contributed by atoms with Crippen LogP contribution < -0.4 is 5.32 Å². The van der Waals surface area contributed by atoms with E-state index < -0.39 is 5.60 Å². The monoisotopic (exact) mass is 360 g/mol. The Kier molecular flexibility index (Phi) is 4.88. The van der Waals surface area contributed by atoms with Crippen molar-refractivity contribution in [1.29, 1.82) is 0 Å². The lowest BCUT2D eigenvalue weighted by Gasteiger charge is -2.35. The third-order valence-corrected chi connectivity index (χ3v) is 4.48. The largest absolute Gasteiger partial charge is 0.379 e. The Balaban J connectivity index is 2.14. The van der Waals surface area contributed by atoms with E-state index in [-0.39, 0.29) is 5.54 Å². The Hall–Kier alpha value is -2.57. The molecule has 1 heterocycles. The van der Waals surface area contributed by atoms with Crippen molar-refractivity contribution in [2.45, 2.75) is 59.1 Å². The van der Waals surface area contributed by atoms with Gasteiger partial charge in [0.1, 0.15) is 5.60 Å². The van der Waals surface area contributed by atoms with Gasteiger partial charge in [-0.2, -0.15) is 0 Å². The summed E-state index contributed by atoms with van der Waals surface area (Å²) in [7, 11) is 0. The van der Waals surface area contributed by atoms with Crippen molar-refractivity contribution < 1.29 is 5.11 Å². The standard InChI is InChI=1S/C24H28N2O/c1-16-7-9-20(18(13-16)11-12-24(5,6)27)25-22-15-23(3,4)26-21-10-8-17(2)14-19(21)22/h7-10,13-14,26-27H,15H2,1-6H3. The fourth-order valence-electron chi connectivity index (χ4n) is 3.24. The number of nitrogens with one attached hydrogen (secondary N) is 1. The maximum absolute atomic E-state index is 9.97. The van der Waals surface area contributed by atoms with Crippen molar-refractivity contribution in [3.8, 4) is 11.8 Å². The normalized spacial score (nSPS) is 16.9. The number of aliphatic hydroxyl groups is 1. The highest BCUT2D eigenvalue weighted by atomic mass is 16.3. The molecule has 0 radical (unpaired) electrons. The Morgan fingerprint density at radius 2 is 1.74 bits per heavy atom. The number of aliphatic imine (C=N–C) groups is 1. The fraction of sp³-hybridized carbons (Fsp3) is 0.375. The molecule has 0 saturated heterocycles. The van der Waals surface area contributed by atoms with Gasteiger partial charge < -0.3 is 10.4 Å². The zero-order chi connectivity index (χ0) is 19.8. The molecule has 0 unspecified atom stereocenters. The summed E-state index contributed by atoms with van der Waals surface area (Å²) in [5.74, 6) is 6.03. The summed E-state index contributed by atoms with van der Waals surface area (Å²) in [5.41, 5.74) is 6.26. The summed E-state index contributed by atoms with van der Waals surface area (Å²) < 4.78 is 0. The average molecular weight is 361 g/mol. The zero-order valence-electron chi connectivity index (χ0n) is 17.1. The molecule has 3 heteroatoms. The number of fused-ring (bicyclic) bond motifs is 1. The first-order valence-electron chi connectivity index (χ1n) is 9.35. The quantitative estimate of drug-likeness (QED) is 0.692. The number of hydrogen-bond acceptors (Lipinski definition) is 3. The first-order valence-corrected chi connectivity index (χ1v) is 9.35. The van der Waals surface area contributed by atoms with Gasteiger partial charge in [-0.1, -0.05) is 29.5 Å². The van der Waals surface area contributed by atoms with Crippen molar-refractivity contribution in [3.63, 3.8) is 0 Å². The minimum absolute atomic E-state index is 0.0648. The molecule has 0 fully saturated rings. The van der Waals surface area contributed by atoms with E-state index in [0.717, 1.165) is 40.2 Å². The third-order valence-electron chi connectivity index (χ3n) is 4.48. The van der Waals surface area contributed by atoms with E-state index in [4.69, 9.17) is 4.99 Å². The smallest absolute Gasteiger partial charge is 0.120 e. The van der Waals surface area contributed by atoms with Gasteiger partial charge >= 0.3 is 0 Å². The van der Waals surface area contributed by atoms with E-state index >= 15 is 0 Å². The lowest BCUT2D eigenvalue weighted by molar-refractivity contribution is 0.143. The van der Waals surface area contributed by atoms with Crippen LogP contribution in [0.5, 0.6) is 0 Å². The van der Waals surface area contributed by atoms with Crippen LogP contribution in [0.1, 0.15) is 56.4 Å². The second kappa shape index (κ2) is 6.87. The van der Waals surface area contributed by atoms with Crippen LogP contribution in [0.25, 0.3) is 0 Å². The van der Waals surface area contributed by atoms with E-state index in [9.17, 15) is 5.11 Å². The highest BCUT2D eigenvalue weighted by Crippen LogP contribution is 2.33. The van der Waals surface area contributed by atoms with Crippen LogP contribution in [-0.4, -0.2) is 22.0 Å². The van der Waals surface area contributed by atoms with Gasteiger partial charge in [0.15, 0.2) is 0 Å². The van der Waals surface area contributed by atoms with Gasteiger partial charge in [-0.15, -0.1) is 0 Å². The molecular formula is C24H28N2O. The maximum atomic E-state index is 9.97. The van der Waals surface area contributed by atoms with Crippen LogP contribution in [-0.2, 0) is 0 Å². The SMILES string of the molecule is Cc1ccc(N=C2CC(C)(C)Nc3ccc(C)cc32)c(C#CC(C)(C)O)c1. The van der Waals surface area contributed by atoms with Crippen LogP contribution in [0.4, 0.5) is 11.4 Å². The molecule has 2 aromatic rings. The molecular weight excluding hydrogens is 332 g/mol. The molecule has 1 aliphatic rings. The average Bonchev–Trinajstić information content (AvgIpc) is 2.54. The molecule has 140 valence electrons. The fourth-order valence-corrected chi connectivity index (χ4v) is 3.24. The van der Waals surface area contributed by atoms with E-state index in [1.807, 2.05) is 19.1 Å². The van der Waals surface area contributed by atoms with Crippen LogP contribution in [0.15, 0.2) is 41.4 Å². The second-order valence-corrected chi connectivity index (χ2v) is 8.62. The topological polar surface area (TPSA) is 44.6 Å². The molecule has 0 amide bonds. The summed E-state index contributed by atoms with van der Waals surface area (Å²) >= 11 is 0. The Labute approximate surface area is 162 Å². The second-order valence-electron chi connectivity index (χ2n) is 8.62. The predicted octanol–water partition coefficient (Wildman–Crippen LogP) is 5.14. The van der Waals surface area contributed by atoms with E-state index in [1.165, 1.54) is 5.56 Å². The molecule has 0 spiro atoms. The highest BCUT2D eigenvalue weighted by molar-refractivity contribution is 6.09. The number of nitrogens with zero attached hydrogens (tertiary/aromatic N) is 1. The van der Waals surface area contributed by atoms with E-state index in [1.54, 1.807) is 13.8 Å². The van der Waals surface area contributed by atoms with Crippen molar-refractivity contribution >= 4 is 17.1 Å². The van der Waals surface area contributed by atoms with Gasteiger partial charge in [0, 0.05) is 23.2 Å². The Morgan fingerprint density at radius 3 is 2.44 bits per heavy atom. The summed E-state index contributed by atoms with van der Waals surface area (Å²) in [4.78, 5) is 5.03. The molecule has 27 heavy (non-hydrogen) atoms. The molecule has 3 rings (SSSR count).